The number of hydrogen-bond donors (Lipinski definition) is 2. The Kier molecular flexibility index (Phi) is 3.31. The molecular formula is C14H15NO4S2. The predicted octanol–water partition coefficient (Wildman–Crippen LogP) is 2.82. The maximum atomic E-state index is 12.7. The van der Waals surface area contributed by atoms with E-state index in [-0.39, 0.29) is 9.77 Å². The van der Waals surface area contributed by atoms with E-state index < -0.39 is 21.5 Å². The molecule has 0 bridgehead atoms. The Morgan fingerprint density at radius 2 is 2.00 bits per heavy atom. The van der Waals surface area contributed by atoms with E-state index in [1.807, 2.05) is 6.92 Å². The van der Waals surface area contributed by atoms with Crippen molar-refractivity contribution in [3.63, 3.8) is 0 Å². The van der Waals surface area contributed by atoms with Gasteiger partial charge in [0.05, 0.1) is 0 Å². The third-order valence-electron chi connectivity index (χ3n) is 3.85. The molecule has 2 aromatic rings. The number of aromatic carboxylic acids is 1. The fourth-order valence-electron chi connectivity index (χ4n) is 2.61. The summed E-state index contributed by atoms with van der Waals surface area (Å²) in [5, 5.41) is 9.79. The first-order chi connectivity index (χ1) is 9.82. The predicted molar refractivity (Wildman–Crippen MR) is 81.4 cm³/mol. The van der Waals surface area contributed by atoms with Crippen LogP contribution >= 0.6 is 11.3 Å². The average molecular weight is 325 g/mol. The zero-order chi connectivity index (χ0) is 15.3. The van der Waals surface area contributed by atoms with Crippen molar-refractivity contribution in [3.8, 4) is 0 Å². The molecule has 0 atom stereocenters. The first kappa shape index (κ1) is 14.5. The SMILES string of the molecule is CC1(NS(=O)(=O)c2c(C(=O)O)sc3ccccc23)CCC1. The lowest BCUT2D eigenvalue weighted by molar-refractivity contribution is 0.0698. The molecule has 0 saturated heterocycles. The molecule has 7 heteroatoms. The molecule has 0 spiro atoms. The molecule has 0 radical (unpaired) electrons. The van der Waals surface area contributed by atoms with E-state index in [1.165, 1.54) is 0 Å². The molecule has 112 valence electrons. The molecule has 1 aliphatic carbocycles. The van der Waals surface area contributed by atoms with E-state index in [4.69, 9.17) is 0 Å². The van der Waals surface area contributed by atoms with Gasteiger partial charge in [-0.2, -0.15) is 0 Å². The first-order valence-corrected chi connectivity index (χ1v) is 8.91. The first-order valence-electron chi connectivity index (χ1n) is 6.61. The Morgan fingerprint density at radius 3 is 2.57 bits per heavy atom. The van der Waals surface area contributed by atoms with E-state index in [9.17, 15) is 18.3 Å². The lowest BCUT2D eigenvalue weighted by Gasteiger charge is -2.38. The van der Waals surface area contributed by atoms with E-state index >= 15 is 0 Å². The molecule has 1 saturated carbocycles. The molecular weight excluding hydrogens is 310 g/mol. The zero-order valence-corrected chi connectivity index (χ0v) is 13.1. The molecule has 1 aromatic heterocycles. The quantitative estimate of drug-likeness (QED) is 0.905. The standard InChI is InChI=1S/C14H15NO4S2/c1-14(7-4-8-14)15-21(18,19)12-9-5-2-3-6-10(9)20-11(12)13(16)17/h2-3,5-6,15H,4,7-8H2,1H3,(H,16,17). The van der Waals surface area contributed by atoms with E-state index in [0.717, 1.165) is 30.6 Å². The maximum Gasteiger partial charge on any atom is 0.347 e. The lowest BCUT2D eigenvalue weighted by atomic mass is 9.80. The monoisotopic (exact) mass is 325 g/mol. The van der Waals surface area contributed by atoms with Gasteiger partial charge in [-0.3, -0.25) is 0 Å². The van der Waals surface area contributed by atoms with Crippen LogP contribution in [0.1, 0.15) is 35.9 Å². The van der Waals surface area contributed by atoms with Gasteiger partial charge in [0.1, 0.15) is 9.77 Å². The van der Waals surface area contributed by atoms with Gasteiger partial charge in [0.15, 0.2) is 0 Å². The van der Waals surface area contributed by atoms with Crippen LogP contribution in [-0.2, 0) is 10.0 Å². The average Bonchev–Trinajstić information content (AvgIpc) is 2.76. The summed E-state index contributed by atoms with van der Waals surface area (Å²) in [7, 11) is -3.86. The molecule has 5 nitrogen and oxygen atoms in total. The van der Waals surface area contributed by atoms with Crippen LogP contribution in [-0.4, -0.2) is 25.0 Å². The van der Waals surface area contributed by atoms with Gasteiger partial charge in [-0.1, -0.05) is 18.2 Å². The molecule has 1 aliphatic rings. The van der Waals surface area contributed by atoms with Gasteiger partial charge in [-0.15, -0.1) is 11.3 Å². The summed E-state index contributed by atoms with van der Waals surface area (Å²) in [5.74, 6) is -1.21. The van der Waals surface area contributed by atoms with Gasteiger partial charge < -0.3 is 5.11 Å². The van der Waals surface area contributed by atoms with Crippen molar-refractivity contribution in [2.24, 2.45) is 0 Å². The molecule has 1 aromatic carbocycles. The zero-order valence-electron chi connectivity index (χ0n) is 11.4. The summed E-state index contributed by atoms with van der Waals surface area (Å²) in [4.78, 5) is 11.2. The number of thiophene rings is 1. The summed E-state index contributed by atoms with van der Waals surface area (Å²) in [6.07, 6.45) is 2.53. The van der Waals surface area contributed by atoms with Gasteiger partial charge in [-0.05, 0) is 32.3 Å². The van der Waals surface area contributed by atoms with Crippen molar-refractivity contribution in [1.82, 2.24) is 4.72 Å². The van der Waals surface area contributed by atoms with Crippen LogP contribution in [0.15, 0.2) is 29.2 Å². The lowest BCUT2D eigenvalue weighted by Crippen LogP contribution is -2.50. The fraction of sp³-hybridized carbons (Fsp3) is 0.357. The number of carboxylic acids is 1. The number of fused-ring (bicyclic) bond motifs is 1. The number of benzene rings is 1. The molecule has 0 aliphatic heterocycles. The van der Waals surface area contributed by atoms with E-state index in [0.29, 0.717) is 10.1 Å². The second kappa shape index (κ2) is 4.79. The number of carboxylic acid groups (broad SMARTS) is 1. The van der Waals surface area contributed by atoms with Crippen molar-refractivity contribution >= 4 is 37.4 Å². The second-order valence-corrected chi connectivity index (χ2v) is 8.25. The highest BCUT2D eigenvalue weighted by Gasteiger charge is 2.38. The number of hydrogen-bond acceptors (Lipinski definition) is 4. The van der Waals surface area contributed by atoms with E-state index in [1.54, 1.807) is 24.3 Å². The van der Waals surface area contributed by atoms with Gasteiger partial charge in [0.2, 0.25) is 10.0 Å². The van der Waals surface area contributed by atoms with Crippen molar-refractivity contribution in [3.05, 3.63) is 29.1 Å². The Morgan fingerprint density at radius 1 is 1.33 bits per heavy atom. The fourth-order valence-corrected chi connectivity index (χ4v) is 5.82. The third-order valence-corrected chi connectivity index (χ3v) is 6.86. The Balaban J connectivity index is 2.18. The minimum atomic E-state index is -3.86. The second-order valence-electron chi connectivity index (χ2n) is 5.58. The summed E-state index contributed by atoms with van der Waals surface area (Å²) >= 11 is 0.992. The molecule has 21 heavy (non-hydrogen) atoms. The summed E-state index contributed by atoms with van der Waals surface area (Å²) in [5.41, 5.74) is -0.461. The smallest absolute Gasteiger partial charge is 0.347 e. The Bertz CT molecular complexity index is 819. The summed E-state index contributed by atoms with van der Waals surface area (Å²) < 4.78 is 28.7. The van der Waals surface area contributed by atoms with E-state index in [2.05, 4.69) is 4.72 Å². The number of rotatable bonds is 4. The summed E-state index contributed by atoms with van der Waals surface area (Å²) in [6.45, 7) is 1.85. The minimum Gasteiger partial charge on any atom is -0.477 e. The molecule has 1 fully saturated rings. The highest BCUT2D eigenvalue weighted by molar-refractivity contribution is 7.90. The van der Waals surface area contributed by atoms with Crippen molar-refractivity contribution in [2.75, 3.05) is 0 Å². The van der Waals surface area contributed by atoms with Crippen LogP contribution in [0.4, 0.5) is 0 Å². The van der Waals surface area contributed by atoms with Crippen molar-refractivity contribution in [2.45, 2.75) is 36.6 Å². The molecule has 3 rings (SSSR count). The minimum absolute atomic E-state index is 0.108. The van der Waals surface area contributed by atoms with Crippen LogP contribution < -0.4 is 4.72 Å². The molecule has 0 amide bonds. The molecule has 2 N–H and O–H groups in total. The van der Waals surface area contributed by atoms with Gasteiger partial charge in [-0.25, -0.2) is 17.9 Å². The van der Waals surface area contributed by atoms with Crippen molar-refractivity contribution < 1.29 is 18.3 Å². The van der Waals surface area contributed by atoms with Crippen molar-refractivity contribution in [1.29, 1.82) is 0 Å². The van der Waals surface area contributed by atoms with Gasteiger partial charge in [0.25, 0.3) is 0 Å². The highest BCUT2D eigenvalue weighted by Crippen LogP contribution is 2.38. The number of nitrogens with one attached hydrogen (secondary N) is 1. The number of carbonyl (C=O) groups is 1. The van der Waals surface area contributed by atoms with Crippen LogP contribution in [0.5, 0.6) is 0 Å². The normalized spacial score (nSPS) is 17.6. The Labute approximate surface area is 126 Å². The van der Waals surface area contributed by atoms with Crippen LogP contribution in [0.25, 0.3) is 10.1 Å². The number of sulfonamides is 1. The topological polar surface area (TPSA) is 83.5 Å². The maximum absolute atomic E-state index is 12.7. The van der Waals surface area contributed by atoms with Gasteiger partial charge >= 0.3 is 5.97 Å². The van der Waals surface area contributed by atoms with Crippen LogP contribution in [0, 0.1) is 0 Å². The highest BCUT2D eigenvalue weighted by atomic mass is 32.2. The molecule has 0 unspecified atom stereocenters. The van der Waals surface area contributed by atoms with Crippen LogP contribution in [0.3, 0.4) is 0 Å². The summed E-state index contributed by atoms with van der Waals surface area (Å²) in [6, 6.07) is 6.86. The van der Waals surface area contributed by atoms with Crippen LogP contribution in [0.2, 0.25) is 0 Å². The molecule has 1 heterocycles. The Hall–Kier alpha value is -1.44. The third kappa shape index (κ3) is 2.45. The largest absolute Gasteiger partial charge is 0.477 e. The van der Waals surface area contributed by atoms with Gasteiger partial charge in [0, 0.05) is 15.6 Å².